The van der Waals surface area contributed by atoms with Crippen molar-refractivity contribution >= 4 is 5.97 Å². The van der Waals surface area contributed by atoms with Crippen LogP contribution in [0.3, 0.4) is 0 Å². The minimum absolute atomic E-state index is 1.37. The number of unbranched alkanes of at least 4 members (excludes halogenated alkanes) is 36. The van der Waals surface area contributed by atoms with Crippen LogP contribution in [0.5, 0.6) is 0 Å². The summed E-state index contributed by atoms with van der Waals surface area (Å²) in [6.07, 6.45) is 51.7. The molecule has 0 unspecified atom stereocenters. The summed E-state index contributed by atoms with van der Waals surface area (Å²) in [6, 6.07) is 0. The molecule has 0 amide bonds. The Hall–Kier alpha value is -1.20. The third-order valence-corrected chi connectivity index (χ3v) is 13.3. The quantitative estimate of drug-likeness (QED) is 0.0346. The van der Waals surface area contributed by atoms with Crippen molar-refractivity contribution in [1.82, 2.24) is 0 Å². The SMILES string of the molecule is CCCCCCCCCCCC[N+](CCCCCCCCCCCC)(CCCCCCCCCCCC)CCCCCCCCCCCC.O=C([O-])C(F)(F)C(F)(F)C(F)(F)C(F)(F)F. The number of rotatable bonds is 47. The van der Waals surface area contributed by atoms with Crippen LogP contribution in [-0.4, -0.2) is 60.6 Å². The number of hydrogen-bond donors (Lipinski definition) is 0. The lowest BCUT2D eigenvalue weighted by molar-refractivity contribution is -0.929. The molecule has 0 radical (unpaired) electrons. The summed E-state index contributed by atoms with van der Waals surface area (Å²) in [6.45, 7) is 15.3. The van der Waals surface area contributed by atoms with E-state index in [0.717, 1.165) is 0 Å². The molecular weight excluding hydrogens is 854 g/mol. The van der Waals surface area contributed by atoms with Crippen LogP contribution in [0, 0.1) is 0 Å². The highest BCUT2D eigenvalue weighted by atomic mass is 19.4. The van der Waals surface area contributed by atoms with Gasteiger partial charge in [-0.3, -0.25) is 0 Å². The molecule has 12 heteroatoms. The maximum absolute atomic E-state index is 12.1. The first-order valence-corrected chi connectivity index (χ1v) is 27.2. The second-order valence-corrected chi connectivity index (χ2v) is 19.5. The van der Waals surface area contributed by atoms with Gasteiger partial charge < -0.3 is 14.4 Å². The molecular formula is C53H100F9NO2. The van der Waals surface area contributed by atoms with Crippen molar-refractivity contribution in [3.05, 3.63) is 0 Å². The van der Waals surface area contributed by atoms with E-state index in [2.05, 4.69) is 27.7 Å². The van der Waals surface area contributed by atoms with Crippen molar-refractivity contribution in [1.29, 1.82) is 0 Å². The number of halogens is 9. The molecule has 0 rings (SSSR count). The number of carboxylic acid groups (broad SMARTS) is 1. The number of aliphatic carboxylic acids is 1. The molecule has 0 aromatic rings. The summed E-state index contributed by atoms with van der Waals surface area (Å²) in [7, 11) is 0. The first-order chi connectivity index (χ1) is 30.9. The number of carbonyl (C=O) groups is 1. The second-order valence-electron chi connectivity index (χ2n) is 19.5. The van der Waals surface area contributed by atoms with E-state index in [1.165, 1.54) is 287 Å². The zero-order valence-corrected chi connectivity index (χ0v) is 42.3. The summed E-state index contributed by atoms with van der Waals surface area (Å²) in [5, 5.41) is 9.40. The van der Waals surface area contributed by atoms with Crippen molar-refractivity contribution < 1.29 is 53.9 Å². The average Bonchev–Trinajstić information content (AvgIpc) is 3.25. The molecule has 0 aliphatic rings. The van der Waals surface area contributed by atoms with E-state index in [4.69, 9.17) is 0 Å². The van der Waals surface area contributed by atoms with Gasteiger partial charge in [0.15, 0.2) is 0 Å². The Labute approximate surface area is 393 Å². The summed E-state index contributed by atoms with van der Waals surface area (Å²) < 4.78 is 107. The number of quaternary nitrogens is 1. The third-order valence-electron chi connectivity index (χ3n) is 13.3. The molecule has 3 nitrogen and oxygen atoms in total. The standard InChI is InChI=1S/C48H100N.C5HF9O2/c1-5-9-13-17-21-25-29-33-37-41-45-49(46-42-38-34-30-26-22-18-14-10-6-2,47-43-39-35-31-27-23-19-15-11-7-3)48-44-40-36-32-28-24-20-16-12-8-4;6-2(7,1(15)16)3(8,9)4(10,11)5(12,13)14/h5-48H2,1-4H3;(H,15,16)/q+1;/p-1. The minimum Gasteiger partial charge on any atom is -0.544 e. The number of nitrogens with zero attached hydrogens (tertiary/aromatic N) is 1. The summed E-state index contributed by atoms with van der Waals surface area (Å²) >= 11 is 0. The van der Waals surface area contributed by atoms with Gasteiger partial charge in [-0.2, -0.15) is 39.5 Å². The van der Waals surface area contributed by atoms with Gasteiger partial charge in [0.2, 0.25) is 0 Å². The molecule has 0 N–H and O–H groups in total. The van der Waals surface area contributed by atoms with Gasteiger partial charge in [-0.25, -0.2) is 0 Å². The number of hydrogen-bond acceptors (Lipinski definition) is 2. The van der Waals surface area contributed by atoms with Gasteiger partial charge in [-0.05, 0) is 51.4 Å². The van der Waals surface area contributed by atoms with Crippen molar-refractivity contribution in [2.75, 3.05) is 26.2 Å². The molecule has 0 heterocycles. The van der Waals surface area contributed by atoms with Gasteiger partial charge in [-0.15, -0.1) is 0 Å². The van der Waals surface area contributed by atoms with E-state index in [1.807, 2.05) is 0 Å². The lowest BCUT2D eigenvalue weighted by Gasteiger charge is -2.40. The largest absolute Gasteiger partial charge is 0.544 e. The summed E-state index contributed by atoms with van der Waals surface area (Å²) in [4.78, 5) is 9.40. The molecule has 0 aromatic heterocycles. The highest BCUT2D eigenvalue weighted by molar-refractivity contribution is 5.75. The van der Waals surface area contributed by atoms with Crippen molar-refractivity contribution in [3.63, 3.8) is 0 Å². The summed E-state index contributed by atoms with van der Waals surface area (Å²) in [5.74, 6) is -25.1. The lowest BCUT2D eigenvalue weighted by atomic mass is 10.0. The molecule has 0 spiro atoms. The van der Waals surface area contributed by atoms with Crippen LogP contribution in [0.25, 0.3) is 0 Å². The van der Waals surface area contributed by atoms with E-state index >= 15 is 0 Å². The van der Waals surface area contributed by atoms with E-state index in [1.54, 1.807) is 0 Å². The number of alkyl halides is 9. The average molecular weight is 954 g/mol. The molecule has 0 atom stereocenters. The van der Waals surface area contributed by atoms with Crippen LogP contribution in [-0.2, 0) is 4.79 Å². The maximum atomic E-state index is 12.1. The Morgan fingerprint density at radius 3 is 0.631 bits per heavy atom. The van der Waals surface area contributed by atoms with Crippen LogP contribution < -0.4 is 5.11 Å². The Bertz CT molecular complexity index is 940. The van der Waals surface area contributed by atoms with Crippen LogP contribution in [0.1, 0.15) is 285 Å². The molecule has 0 saturated heterocycles. The second kappa shape index (κ2) is 41.7. The maximum Gasteiger partial charge on any atom is 0.460 e. The fourth-order valence-corrected chi connectivity index (χ4v) is 8.91. The smallest absolute Gasteiger partial charge is 0.460 e. The molecule has 0 aliphatic heterocycles. The van der Waals surface area contributed by atoms with Gasteiger partial charge in [0.25, 0.3) is 0 Å². The van der Waals surface area contributed by atoms with Crippen molar-refractivity contribution in [3.8, 4) is 0 Å². The lowest BCUT2D eigenvalue weighted by Crippen LogP contribution is -2.65. The monoisotopic (exact) mass is 954 g/mol. The first-order valence-electron chi connectivity index (χ1n) is 27.2. The Balaban J connectivity index is 0. The molecule has 0 aliphatic carbocycles. The Morgan fingerprint density at radius 2 is 0.477 bits per heavy atom. The van der Waals surface area contributed by atoms with Gasteiger partial charge >= 0.3 is 23.9 Å². The van der Waals surface area contributed by atoms with E-state index in [0.29, 0.717) is 0 Å². The molecule has 0 saturated carbocycles. The van der Waals surface area contributed by atoms with Crippen molar-refractivity contribution in [2.24, 2.45) is 0 Å². The topological polar surface area (TPSA) is 40.1 Å². The highest BCUT2D eigenvalue weighted by Gasteiger charge is 2.82. The van der Waals surface area contributed by atoms with Gasteiger partial charge in [0, 0.05) is 0 Å². The zero-order chi connectivity index (χ0) is 49.2. The highest BCUT2D eigenvalue weighted by Crippen LogP contribution is 2.52. The molecule has 0 aromatic carbocycles. The Morgan fingerprint density at radius 1 is 0.308 bits per heavy atom. The van der Waals surface area contributed by atoms with Gasteiger partial charge in [0.05, 0.1) is 26.2 Å². The van der Waals surface area contributed by atoms with E-state index in [-0.39, 0.29) is 0 Å². The van der Waals surface area contributed by atoms with E-state index in [9.17, 15) is 49.4 Å². The molecule has 392 valence electrons. The minimum atomic E-state index is -7.20. The fourth-order valence-electron chi connectivity index (χ4n) is 8.91. The zero-order valence-electron chi connectivity index (χ0n) is 42.3. The first kappa shape index (κ1) is 65.9. The molecule has 0 fully saturated rings. The van der Waals surface area contributed by atoms with Crippen molar-refractivity contribution in [2.45, 2.75) is 308 Å². The predicted octanol–water partition coefficient (Wildman–Crippen LogP) is 18.7. The van der Waals surface area contributed by atoms with Crippen LogP contribution in [0.2, 0.25) is 0 Å². The van der Waals surface area contributed by atoms with E-state index < -0.39 is 29.9 Å². The predicted molar refractivity (Wildman–Crippen MR) is 253 cm³/mol. The Kier molecular flexibility index (Phi) is 42.3. The third kappa shape index (κ3) is 33.1. The molecule has 0 bridgehead atoms. The number of carbonyl (C=O) groups excluding carboxylic acids is 1. The fraction of sp³-hybridized carbons (Fsp3) is 0.981. The van der Waals surface area contributed by atoms with Crippen LogP contribution in [0.4, 0.5) is 39.5 Å². The number of carboxylic acids is 1. The molecule has 65 heavy (non-hydrogen) atoms. The van der Waals surface area contributed by atoms with Crippen LogP contribution in [0.15, 0.2) is 0 Å². The normalized spacial score (nSPS) is 12.8. The van der Waals surface area contributed by atoms with Gasteiger partial charge in [-0.1, -0.05) is 233 Å². The van der Waals surface area contributed by atoms with Gasteiger partial charge in [0.1, 0.15) is 5.97 Å². The van der Waals surface area contributed by atoms with Crippen LogP contribution >= 0.6 is 0 Å². The summed E-state index contributed by atoms with van der Waals surface area (Å²) in [5.41, 5.74) is 0.